The van der Waals surface area contributed by atoms with E-state index in [0.29, 0.717) is 13.1 Å². The van der Waals surface area contributed by atoms with Crippen LogP contribution in [0.15, 0.2) is 24.3 Å². The first kappa shape index (κ1) is 16.0. The standard InChI is InChI=1S/C17H27N3O/c1-3-20(2)13-16-6-4-5-15(9-16)11-19-17(21)12-18-10-14-7-8-14/h4-6,9,14,18H,3,7-8,10-13H2,1-2H3,(H,19,21). The lowest BCUT2D eigenvalue weighted by Crippen LogP contribution is -2.34. The largest absolute Gasteiger partial charge is 0.351 e. The third-order valence-corrected chi connectivity index (χ3v) is 3.89. The van der Waals surface area contributed by atoms with Gasteiger partial charge in [0.15, 0.2) is 0 Å². The van der Waals surface area contributed by atoms with Crippen LogP contribution in [0.3, 0.4) is 0 Å². The van der Waals surface area contributed by atoms with Gasteiger partial charge < -0.3 is 15.5 Å². The van der Waals surface area contributed by atoms with E-state index < -0.39 is 0 Å². The molecule has 0 aliphatic heterocycles. The Labute approximate surface area is 127 Å². The van der Waals surface area contributed by atoms with E-state index in [9.17, 15) is 4.79 Å². The minimum Gasteiger partial charge on any atom is -0.351 e. The van der Waals surface area contributed by atoms with Gasteiger partial charge in [-0.3, -0.25) is 4.79 Å². The minimum absolute atomic E-state index is 0.0757. The number of nitrogens with zero attached hydrogens (tertiary/aromatic N) is 1. The highest BCUT2D eigenvalue weighted by molar-refractivity contribution is 5.77. The first-order valence-corrected chi connectivity index (χ1v) is 7.91. The predicted octanol–water partition coefficient (Wildman–Crippen LogP) is 1.75. The third kappa shape index (κ3) is 6.27. The highest BCUT2D eigenvalue weighted by atomic mass is 16.1. The van der Waals surface area contributed by atoms with Gasteiger partial charge in [-0.15, -0.1) is 0 Å². The molecular weight excluding hydrogens is 262 g/mol. The Balaban J connectivity index is 1.71. The number of amides is 1. The van der Waals surface area contributed by atoms with Gasteiger partial charge in [-0.1, -0.05) is 31.2 Å². The van der Waals surface area contributed by atoms with Crippen molar-refractivity contribution in [3.05, 3.63) is 35.4 Å². The lowest BCUT2D eigenvalue weighted by molar-refractivity contribution is -0.120. The van der Waals surface area contributed by atoms with Gasteiger partial charge in [0.05, 0.1) is 6.54 Å². The van der Waals surface area contributed by atoms with Crippen LogP contribution in [0, 0.1) is 5.92 Å². The quantitative estimate of drug-likeness (QED) is 0.728. The summed E-state index contributed by atoms with van der Waals surface area (Å²) in [5, 5.41) is 6.18. The number of rotatable bonds is 9. The van der Waals surface area contributed by atoms with Gasteiger partial charge in [-0.25, -0.2) is 0 Å². The van der Waals surface area contributed by atoms with Crippen molar-refractivity contribution in [2.24, 2.45) is 5.92 Å². The van der Waals surface area contributed by atoms with E-state index in [1.54, 1.807) is 0 Å². The first-order chi connectivity index (χ1) is 10.2. The van der Waals surface area contributed by atoms with E-state index in [2.05, 4.69) is 53.8 Å². The highest BCUT2D eigenvalue weighted by Crippen LogP contribution is 2.27. The molecule has 0 saturated heterocycles. The monoisotopic (exact) mass is 289 g/mol. The molecule has 2 N–H and O–H groups in total. The SMILES string of the molecule is CCN(C)Cc1cccc(CNC(=O)CNCC2CC2)c1. The fourth-order valence-electron chi connectivity index (χ4n) is 2.24. The molecule has 1 aromatic carbocycles. The van der Waals surface area contributed by atoms with Gasteiger partial charge in [0.1, 0.15) is 0 Å². The summed E-state index contributed by atoms with van der Waals surface area (Å²) in [5.41, 5.74) is 2.45. The summed E-state index contributed by atoms with van der Waals surface area (Å²) in [4.78, 5) is 14.0. The summed E-state index contributed by atoms with van der Waals surface area (Å²) in [6.45, 7) is 6.14. The zero-order chi connectivity index (χ0) is 15.1. The van der Waals surface area contributed by atoms with E-state index in [4.69, 9.17) is 0 Å². The Morgan fingerprint density at radius 1 is 1.33 bits per heavy atom. The summed E-state index contributed by atoms with van der Waals surface area (Å²) in [6, 6.07) is 8.43. The fourth-order valence-corrected chi connectivity index (χ4v) is 2.24. The maximum Gasteiger partial charge on any atom is 0.234 e. The van der Waals surface area contributed by atoms with Crippen LogP contribution in [0.25, 0.3) is 0 Å². The van der Waals surface area contributed by atoms with Crippen LogP contribution in [-0.2, 0) is 17.9 Å². The summed E-state index contributed by atoms with van der Waals surface area (Å²) >= 11 is 0. The average Bonchev–Trinajstić information content (AvgIpc) is 3.29. The molecule has 0 spiro atoms. The number of hydrogen-bond donors (Lipinski definition) is 2. The predicted molar refractivity (Wildman–Crippen MR) is 85.9 cm³/mol. The molecule has 0 atom stereocenters. The summed E-state index contributed by atoms with van der Waals surface area (Å²) in [7, 11) is 2.11. The molecule has 0 unspecified atom stereocenters. The summed E-state index contributed by atoms with van der Waals surface area (Å²) < 4.78 is 0. The van der Waals surface area contributed by atoms with Crippen molar-refractivity contribution >= 4 is 5.91 Å². The van der Waals surface area contributed by atoms with Crippen LogP contribution >= 0.6 is 0 Å². The van der Waals surface area contributed by atoms with Crippen molar-refractivity contribution in [3.63, 3.8) is 0 Å². The van der Waals surface area contributed by atoms with Crippen LogP contribution in [0.5, 0.6) is 0 Å². The Kier molecular flexibility index (Phi) is 6.21. The van der Waals surface area contributed by atoms with Crippen LogP contribution < -0.4 is 10.6 Å². The zero-order valence-electron chi connectivity index (χ0n) is 13.2. The normalized spacial score (nSPS) is 14.4. The molecule has 0 aromatic heterocycles. The van der Waals surface area contributed by atoms with Crippen molar-refractivity contribution in [1.29, 1.82) is 0 Å². The number of carbonyl (C=O) groups is 1. The Morgan fingerprint density at radius 2 is 2.10 bits per heavy atom. The fraction of sp³-hybridized carbons (Fsp3) is 0.588. The highest BCUT2D eigenvalue weighted by Gasteiger charge is 2.20. The molecule has 0 bridgehead atoms. The van der Waals surface area contributed by atoms with E-state index in [1.807, 2.05) is 0 Å². The number of benzene rings is 1. The van der Waals surface area contributed by atoms with Gasteiger partial charge in [0, 0.05) is 13.1 Å². The maximum absolute atomic E-state index is 11.7. The smallest absolute Gasteiger partial charge is 0.234 e. The number of hydrogen-bond acceptors (Lipinski definition) is 3. The Morgan fingerprint density at radius 3 is 2.81 bits per heavy atom. The van der Waals surface area contributed by atoms with Gasteiger partial charge in [0.2, 0.25) is 5.91 Å². The molecule has 1 saturated carbocycles. The minimum atomic E-state index is 0.0757. The van der Waals surface area contributed by atoms with Crippen molar-refractivity contribution in [2.75, 3.05) is 26.7 Å². The number of nitrogens with one attached hydrogen (secondary N) is 2. The van der Waals surface area contributed by atoms with Gasteiger partial charge in [-0.2, -0.15) is 0 Å². The Bertz CT molecular complexity index is 457. The molecule has 1 aliphatic rings. The van der Waals surface area contributed by atoms with E-state index in [-0.39, 0.29) is 5.91 Å². The molecule has 1 aromatic rings. The van der Waals surface area contributed by atoms with Crippen LogP contribution in [0.2, 0.25) is 0 Å². The second kappa shape index (κ2) is 8.15. The molecular formula is C17H27N3O. The second-order valence-corrected chi connectivity index (χ2v) is 6.00. The van der Waals surface area contributed by atoms with Gasteiger partial charge in [0.25, 0.3) is 0 Å². The van der Waals surface area contributed by atoms with E-state index >= 15 is 0 Å². The van der Waals surface area contributed by atoms with Crippen LogP contribution in [0.4, 0.5) is 0 Å². The van der Waals surface area contributed by atoms with Gasteiger partial charge >= 0.3 is 0 Å². The average molecular weight is 289 g/mol. The zero-order valence-corrected chi connectivity index (χ0v) is 13.2. The van der Waals surface area contributed by atoms with E-state index in [1.165, 1.54) is 18.4 Å². The molecule has 1 amide bonds. The second-order valence-electron chi connectivity index (χ2n) is 6.00. The maximum atomic E-state index is 11.7. The Hall–Kier alpha value is -1.39. The van der Waals surface area contributed by atoms with Crippen LogP contribution in [0.1, 0.15) is 30.9 Å². The van der Waals surface area contributed by atoms with E-state index in [0.717, 1.165) is 31.1 Å². The third-order valence-electron chi connectivity index (χ3n) is 3.89. The first-order valence-electron chi connectivity index (χ1n) is 7.91. The molecule has 4 heteroatoms. The van der Waals surface area contributed by atoms with Crippen molar-refractivity contribution in [2.45, 2.75) is 32.9 Å². The molecule has 1 fully saturated rings. The molecule has 0 heterocycles. The number of carbonyl (C=O) groups excluding carboxylic acids is 1. The summed E-state index contributed by atoms with van der Waals surface area (Å²) in [5.74, 6) is 0.886. The van der Waals surface area contributed by atoms with Crippen molar-refractivity contribution in [3.8, 4) is 0 Å². The lowest BCUT2D eigenvalue weighted by Gasteiger charge is -2.14. The lowest BCUT2D eigenvalue weighted by atomic mass is 10.1. The molecule has 4 nitrogen and oxygen atoms in total. The molecule has 21 heavy (non-hydrogen) atoms. The van der Waals surface area contributed by atoms with Crippen LogP contribution in [-0.4, -0.2) is 37.5 Å². The molecule has 2 rings (SSSR count). The molecule has 116 valence electrons. The van der Waals surface area contributed by atoms with Crippen molar-refractivity contribution in [1.82, 2.24) is 15.5 Å². The molecule has 1 aliphatic carbocycles. The van der Waals surface area contributed by atoms with Gasteiger partial charge in [-0.05, 0) is 50.0 Å². The molecule has 0 radical (unpaired) electrons. The summed E-state index contributed by atoms with van der Waals surface area (Å²) in [6.07, 6.45) is 2.63. The topological polar surface area (TPSA) is 44.4 Å². The van der Waals surface area contributed by atoms with Crippen molar-refractivity contribution < 1.29 is 4.79 Å².